The molecule has 0 spiro atoms. The smallest absolute Gasteiger partial charge is 0.183 e. The number of ether oxygens (including phenoxy) is 2. The average molecular weight is 232 g/mol. The minimum atomic E-state index is -1.29. The molecule has 1 fully saturated rings. The minimum Gasteiger partial charge on any atom is -0.418 e. The predicted octanol–water partition coefficient (Wildman–Crippen LogP) is 2.42. The number of rotatable bonds is 9. The van der Waals surface area contributed by atoms with E-state index in [9.17, 15) is 0 Å². The molecule has 0 aromatic heterocycles. The van der Waals surface area contributed by atoms with Crippen molar-refractivity contribution in [1.82, 2.24) is 0 Å². The fourth-order valence-corrected chi connectivity index (χ4v) is 2.00. The van der Waals surface area contributed by atoms with Crippen molar-refractivity contribution in [1.29, 1.82) is 0 Å². The van der Waals surface area contributed by atoms with Crippen molar-refractivity contribution in [3.05, 3.63) is 0 Å². The number of hydrogen-bond acceptors (Lipinski definition) is 3. The minimum absolute atomic E-state index is 0.403. The van der Waals surface area contributed by atoms with Gasteiger partial charge in [-0.2, -0.15) is 0 Å². The average Bonchev–Trinajstić information content (AvgIpc) is 2.91. The third-order valence-electron chi connectivity index (χ3n) is 2.17. The summed E-state index contributed by atoms with van der Waals surface area (Å²) < 4.78 is 16.3. The second-order valence-electron chi connectivity index (χ2n) is 5.05. The Kier molecular flexibility index (Phi) is 5.82. The molecule has 0 saturated carbocycles. The topological polar surface area (TPSA) is 31.0 Å². The summed E-state index contributed by atoms with van der Waals surface area (Å²) in [7, 11) is -1.29. The van der Waals surface area contributed by atoms with Crippen LogP contribution in [-0.2, 0) is 13.9 Å². The Morgan fingerprint density at radius 1 is 1.13 bits per heavy atom. The maximum Gasteiger partial charge on any atom is 0.183 e. The van der Waals surface area contributed by atoms with Crippen molar-refractivity contribution >= 4 is 8.32 Å². The molecule has 4 heteroatoms. The van der Waals surface area contributed by atoms with E-state index < -0.39 is 8.32 Å². The maximum absolute atomic E-state index is 5.76. The van der Waals surface area contributed by atoms with Crippen molar-refractivity contribution < 1.29 is 13.9 Å². The highest BCUT2D eigenvalue weighted by atomic mass is 28.4. The summed E-state index contributed by atoms with van der Waals surface area (Å²) >= 11 is 0. The van der Waals surface area contributed by atoms with Crippen LogP contribution in [0, 0.1) is 0 Å². The molecule has 0 aliphatic carbocycles. The Morgan fingerprint density at radius 3 is 2.40 bits per heavy atom. The summed E-state index contributed by atoms with van der Waals surface area (Å²) in [4.78, 5) is 0. The van der Waals surface area contributed by atoms with Crippen LogP contribution in [-0.4, -0.2) is 40.8 Å². The van der Waals surface area contributed by atoms with Gasteiger partial charge in [-0.1, -0.05) is 0 Å². The second-order valence-corrected chi connectivity index (χ2v) is 9.57. The molecule has 0 N–H and O–H groups in total. The van der Waals surface area contributed by atoms with Crippen LogP contribution >= 0.6 is 0 Å². The molecule has 0 aromatic rings. The van der Waals surface area contributed by atoms with E-state index in [0.717, 1.165) is 39.3 Å². The quantitative estimate of drug-likeness (QED) is 0.347. The van der Waals surface area contributed by atoms with Gasteiger partial charge < -0.3 is 13.9 Å². The zero-order chi connectivity index (χ0) is 11.1. The molecule has 1 atom stereocenters. The van der Waals surface area contributed by atoms with Crippen LogP contribution in [0.3, 0.4) is 0 Å². The molecule has 1 rings (SSSR count). The monoisotopic (exact) mass is 232 g/mol. The van der Waals surface area contributed by atoms with Crippen LogP contribution in [0.1, 0.15) is 19.3 Å². The van der Waals surface area contributed by atoms with Gasteiger partial charge in [-0.25, -0.2) is 0 Å². The van der Waals surface area contributed by atoms with Gasteiger partial charge in [0.2, 0.25) is 0 Å². The first-order valence-electron chi connectivity index (χ1n) is 5.91. The van der Waals surface area contributed by atoms with Crippen molar-refractivity contribution in [3.63, 3.8) is 0 Å². The normalized spacial score (nSPS) is 20.6. The molecule has 3 nitrogen and oxygen atoms in total. The summed E-state index contributed by atoms with van der Waals surface area (Å²) in [5.41, 5.74) is 0. The molecule has 0 amide bonds. The summed E-state index contributed by atoms with van der Waals surface area (Å²) in [6.45, 7) is 10.1. The van der Waals surface area contributed by atoms with Gasteiger partial charge in [0.05, 0.1) is 13.2 Å². The molecule has 0 radical (unpaired) electrons. The molecule has 1 aliphatic rings. The van der Waals surface area contributed by atoms with Crippen LogP contribution in [0.2, 0.25) is 19.6 Å². The summed E-state index contributed by atoms with van der Waals surface area (Å²) in [6.07, 6.45) is 3.91. The third-order valence-corrected chi connectivity index (χ3v) is 3.24. The van der Waals surface area contributed by atoms with Gasteiger partial charge in [0, 0.05) is 13.2 Å². The van der Waals surface area contributed by atoms with E-state index in [4.69, 9.17) is 13.9 Å². The summed E-state index contributed by atoms with van der Waals surface area (Å²) in [6, 6.07) is 0. The molecule has 1 saturated heterocycles. The van der Waals surface area contributed by atoms with Gasteiger partial charge in [-0.05, 0) is 38.9 Å². The van der Waals surface area contributed by atoms with Crippen molar-refractivity contribution in [2.75, 3.05) is 26.4 Å². The zero-order valence-corrected chi connectivity index (χ0v) is 11.3. The van der Waals surface area contributed by atoms with Crippen LogP contribution in [0.5, 0.6) is 0 Å². The van der Waals surface area contributed by atoms with Gasteiger partial charge in [0.1, 0.15) is 6.10 Å². The largest absolute Gasteiger partial charge is 0.418 e. The lowest BCUT2D eigenvalue weighted by Gasteiger charge is -2.16. The molecule has 1 unspecified atom stereocenters. The highest BCUT2D eigenvalue weighted by Crippen LogP contribution is 2.09. The van der Waals surface area contributed by atoms with E-state index in [1.165, 1.54) is 6.42 Å². The van der Waals surface area contributed by atoms with E-state index in [2.05, 4.69) is 19.6 Å². The van der Waals surface area contributed by atoms with Gasteiger partial charge in [-0.3, -0.25) is 0 Å². The SMILES string of the molecule is C[Si](C)(C)OCCCCCOCC1CO1. The number of epoxide rings is 1. The predicted molar refractivity (Wildman–Crippen MR) is 63.7 cm³/mol. The van der Waals surface area contributed by atoms with E-state index >= 15 is 0 Å². The fourth-order valence-electron chi connectivity index (χ4n) is 1.24. The highest BCUT2D eigenvalue weighted by molar-refractivity contribution is 6.69. The Hall–Kier alpha value is 0.0969. The third kappa shape index (κ3) is 9.05. The molecule has 90 valence electrons. The van der Waals surface area contributed by atoms with Crippen molar-refractivity contribution in [3.8, 4) is 0 Å². The lowest BCUT2D eigenvalue weighted by Crippen LogP contribution is -2.25. The maximum atomic E-state index is 5.76. The van der Waals surface area contributed by atoms with E-state index in [0.29, 0.717) is 6.10 Å². The van der Waals surface area contributed by atoms with E-state index in [1.54, 1.807) is 0 Å². The first-order valence-corrected chi connectivity index (χ1v) is 9.32. The molecular weight excluding hydrogens is 208 g/mol. The first kappa shape index (κ1) is 13.2. The first-order chi connectivity index (χ1) is 7.08. The van der Waals surface area contributed by atoms with Gasteiger partial charge in [0.25, 0.3) is 0 Å². The zero-order valence-electron chi connectivity index (χ0n) is 10.3. The number of hydrogen-bond donors (Lipinski definition) is 0. The molecule has 0 aromatic carbocycles. The molecule has 1 aliphatic heterocycles. The lowest BCUT2D eigenvalue weighted by molar-refractivity contribution is 0.112. The summed E-state index contributed by atoms with van der Waals surface area (Å²) in [5, 5.41) is 0. The second kappa shape index (κ2) is 6.63. The Morgan fingerprint density at radius 2 is 1.80 bits per heavy atom. The summed E-state index contributed by atoms with van der Waals surface area (Å²) in [5.74, 6) is 0. The van der Waals surface area contributed by atoms with E-state index in [1.807, 2.05) is 0 Å². The Labute approximate surface area is 94.2 Å². The van der Waals surface area contributed by atoms with Crippen molar-refractivity contribution in [2.24, 2.45) is 0 Å². The molecular formula is C11H24O3Si. The van der Waals surface area contributed by atoms with Gasteiger partial charge in [0.15, 0.2) is 8.32 Å². The van der Waals surface area contributed by atoms with E-state index in [-0.39, 0.29) is 0 Å². The lowest BCUT2D eigenvalue weighted by atomic mass is 10.2. The van der Waals surface area contributed by atoms with Crippen LogP contribution in [0.4, 0.5) is 0 Å². The van der Waals surface area contributed by atoms with Gasteiger partial charge in [-0.15, -0.1) is 0 Å². The van der Waals surface area contributed by atoms with Crippen LogP contribution in [0.25, 0.3) is 0 Å². The Bertz CT molecular complexity index is 164. The molecule has 0 bridgehead atoms. The highest BCUT2D eigenvalue weighted by Gasteiger charge is 2.21. The molecule has 15 heavy (non-hydrogen) atoms. The van der Waals surface area contributed by atoms with Crippen LogP contribution in [0.15, 0.2) is 0 Å². The Balaban J connectivity index is 1.72. The number of unbranched alkanes of at least 4 members (excludes halogenated alkanes) is 2. The molecule has 1 heterocycles. The van der Waals surface area contributed by atoms with Crippen molar-refractivity contribution in [2.45, 2.75) is 45.0 Å². The van der Waals surface area contributed by atoms with Gasteiger partial charge >= 0.3 is 0 Å². The fraction of sp³-hybridized carbons (Fsp3) is 1.00. The standard InChI is InChI=1S/C11H24O3Si/c1-15(2,3)14-8-6-4-5-7-12-9-11-10-13-11/h11H,4-10H2,1-3H3. The van der Waals surface area contributed by atoms with Crippen LogP contribution < -0.4 is 0 Å².